The minimum atomic E-state index is -0.962. The Kier molecular flexibility index (Phi) is 8.77. The molecule has 25 heavy (non-hydrogen) atoms. The van der Waals surface area contributed by atoms with Crippen molar-refractivity contribution in [1.82, 2.24) is 4.90 Å². The van der Waals surface area contributed by atoms with E-state index in [4.69, 9.17) is 14.2 Å². The Labute approximate surface area is 148 Å². The van der Waals surface area contributed by atoms with E-state index in [-0.39, 0.29) is 12.3 Å². The van der Waals surface area contributed by atoms with E-state index in [0.29, 0.717) is 36.7 Å². The lowest BCUT2D eigenvalue weighted by molar-refractivity contribution is -0.151. The van der Waals surface area contributed by atoms with Crippen LogP contribution in [0.3, 0.4) is 0 Å². The maximum absolute atomic E-state index is 12.7. The summed E-state index contributed by atoms with van der Waals surface area (Å²) in [6.45, 7) is 4.51. The summed E-state index contributed by atoms with van der Waals surface area (Å²) in [7, 11) is 4.51. The van der Waals surface area contributed by atoms with E-state index in [1.54, 1.807) is 19.3 Å². The van der Waals surface area contributed by atoms with Crippen LogP contribution >= 0.6 is 0 Å². The minimum absolute atomic E-state index is 0.0526. The second kappa shape index (κ2) is 10.6. The summed E-state index contributed by atoms with van der Waals surface area (Å²) in [5, 5.41) is 9.33. The third-order valence-electron chi connectivity index (χ3n) is 4.03. The summed E-state index contributed by atoms with van der Waals surface area (Å²) >= 11 is 0. The molecular weight excluding hydrogens is 326 g/mol. The van der Waals surface area contributed by atoms with Gasteiger partial charge in [0, 0.05) is 13.7 Å². The summed E-state index contributed by atoms with van der Waals surface area (Å²) < 4.78 is 15.3. The number of hydrogen-bond donors (Lipinski definition) is 1. The van der Waals surface area contributed by atoms with Gasteiger partial charge in [-0.2, -0.15) is 0 Å². The summed E-state index contributed by atoms with van der Waals surface area (Å²) in [4.78, 5) is 25.5. The molecule has 0 aromatic rings. The number of carboxylic acid groups (broad SMARTS) is 1. The van der Waals surface area contributed by atoms with E-state index in [0.717, 1.165) is 12.8 Å². The number of methoxy groups -OCH3 is 3. The van der Waals surface area contributed by atoms with Crippen molar-refractivity contribution in [3.63, 3.8) is 0 Å². The number of hydrogen-bond acceptors (Lipinski definition) is 5. The molecule has 0 bridgehead atoms. The van der Waals surface area contributed by atoms with Gasteiger partial charge in [-0.1, -0.05) is 12.7 Å². The molecule has 1 unspecified atom stereocenters. The molecule has 1 atom stereocenters. The first kappa shape index (κ1) is 20.8. The van der Waals surface area contributed by atoms with Crippen LogP contribution in [0, 0.1) is 0 Å². The van der Waals surface area contributed by atoms with Gasteiger partial charge in [-0.05, 0) is 30.9 Å². The highest BCUT2D eigenvalue weighted by Gasteiger charge is 2.31. The van der Waals surface area contributed by atoms with Gasteiger partial charge in [0.05, 0.1) is 27.2 Å². The molecule has 1 saturated heterocycles. The zero-order valence-electron chi connectivity index (χ0n) is 15.1. The van der Waals surface area contributed by atoms with Crippen LogP contribution in [-0.2, 0) is 23.8 Å². The quantitative estimate of drug-likeness (QED) is 0.505. The summed E-state index contributed by atoms with van der Waals surface area (Å²) in [5.41, 5.74) is 0.650. The lowest BCUT2D eigenvalue weighted by atomic mass is 10.0. The molecule has 0 aromatic carbocycles. The fourth-order valence-electron chi connectivity index (χ4n) is 2.66. The maximum atomic E-state index is 12.7. The van der Waals surface area contributed by atoms with Gasteiger partial charge in [0.25, 0.3) is 0 Å². The standard InChI is InChI=1S/C18H27NO6/c1-13(24-3)16(25-4)11-14(8-10-23-2)12-17(20)19-9-6-5-7-15(19)18(21)22/h8,11,15H,1,5-7,9-10,12H2,2-4H3,(H,21,22)/b14-8+,16-11+. The number of carboxylic acids is 1. The predicted octanol–water partition coefficient (Wildman–Crippen LogP) is 2.11. The van der Waals surface area contributed by atoms with Crippen molar-refractivity contribution in [2.45, 2.75) is 31.7 Å². The molecule has 0 radical (unpaired) electrons. The topological polar surface area (TPSA) is 85.3 Å². The lowest BCUT2D eigenvalue weighted by Gasteiger charge is -2.33. The average Bonchev–Trinajstić information content (AvgIpc) is 2.62. The Bertz CT molecular complexity index is 552. The van der Waals surface area contributed by atoms with Crippen molar-refractivity contribution >= 4 is 11.9 Å². The highest BCUT2D eigenvalue weighted by atomic mass is 16.5. The number of nitrogens with zero attached hydrogens (tertiary/aromatic N) is 1. The van der Waals surface area contributed by atoms with Crippen molar-refractivity contribution in [1.29, 1.82) is 0 Å². The second-order valence-electron chi connectivity index (χ2n) is 5.69. The molecule has 0 aliphatic carbocycles. The first-order chi connectivity index (χ1) is 11.9. The molecule has 1 heterocycles. The van der Waals surface area contributed by atoms with E-state index in [1.165, 1.54) is 19.1 Å². The van der Waals surface area contributed by atoms with E-state index in [9.17, 15) is 14.7 Å². The number of carbonyl (C=O) groups excluding carboxylic acids is 1. The highest BCUT2D eigenvalue weighted by molar-refractivity contribution is 5.85. The van der Waals surface area contributed by atoms with Gasteiger partial charge >= 0.3 is 5.97 Å². The van der Waals surface area contributed by atoms with E-state index in [1.807, 2.05) is 0 Å². The van der Waals surface area contributed by atoms with E-state index >= 15 is 0 Å². The molecule has 1 rings (SSSR count). The number of aliphatic carboxylic acids is 1. The Morgan fingerprint density at radius 2 is 1.96 bits per heavy atom. The molecule has 1 aliphatic heterocycles. The Balaban J connectivity index is 2.97. The van der Waals surface area contributed by atoms with Gasteiger partial charge in [-0.25, -0.2) is 4.79 Å². The number of ether oxygens (including phenoxy) is 3. The molecule has 1 fully saturated rings. The number of likely N-dealkylation sites (tertiary alicyclic amines) is 1. The van der Waals surface area contributed by atoms with E-state index in [2.05, 4.69) is 6.58 Å². The molecule has 7 nitrogen and oxygen atoms in total. The summed E-state index contributed by atoms with van der Waals surface area (Å²) in [6, 6.07) is -0.759. The van der Waals surface area contributed by atoms with Crippen molar-refractivity contribution in [2.24, 2.45) is 0 Å². The molecular formula is C18H27NO6. The van der Waals surface area contributed by atoms with Crippen LogP contribution in [0.2, 0.25) is 0 Å². The van der Waals surface area contributed by atoms with Gasteiger partial charge in [-0.3, -0.25) is 4.79 Å². The molecule has 0 aromatic heterocycles. The van der Waals surface area contributed by atoms with E-state index < -0.39 is 12.0 Å². The molecule has 7 heteroatoms. The van der Waals surface area contributed by atoms with Crippen molar-refractivity contribution in [3.8, 4) is 0 Å². The van der Waals surface area contributed by atoms with Gasteiger partial charge in [0.1, 0.15) is 6.04 Å². The fraction of sp³-hybridized carbons (Fsp3) is 0.556. The Morgan fingerprint density at radius 3 is 2.52 bits per heavy atom. The average molecular weight is 353 g/mol. The normalized spacial score (nSPS) is 18.7. The molecule has 1 amide bonds. The van der Waals surface area contributed by atoms with Crippen LogP contribution < -0.4 is 0 Å². The Morgan fingerprint density at radius 1 is 1.24 bits per heavy atom. The SMILES string of the molecule is C=C(OC)/C(=C\C(=C/COC)CC(=O)N1CCCCC1C(=O)O)OC. The minimum Gasteiger partial charge on any atom is -0.494 e. The number of carbonyl (C=O) groups is 2. The molecule has 0 saturated carbocycles. The van der Waals surface area contributed by atoms with Crippen LogP contribution in [0.1, 0.15) is 25.7 Å². The lowest BCUT2D eigenvalue weighted by Crippen LogP contribution is -2.48. The number of amides is 1. The largest absolute Gasteiger partial charge is 0.494 e. The van der Waals surface area contributed by atoms with Crippen LogP contribution in [0.15, 0.2) is 35.8 Å². The fourth-order valence-corrected chi connectivity index (χ4v) is 2.66. The summed E-state index contributed by atoms with van der Waals surface area (Å²) in [6.07, 6.45) is 5.57. The zero-order chi connectivity index (χ0) is 18.8. The third kappa shape index (κ3) is 6.26. The van der Waals surface area contributed by atoms with Crippen LogP contribution in [0.5, 0.6) is 0 Å². The second-order valence-corrected chi connectivity index (χ2v) is 5.69. The first-order valence-electron chi connectivity index (χ1n) is 8.13. The number of piperidine rings is 1. The Hall–Kier alpha value is -2.28. The van der Waals surface area contributed by atoms with Gasteiger partial charge in [0.2, 0.25) is 5.91 Å². The van der Waals surface area contributed by atoms with Crippen molar-refractivity contribution in [2.75, 3.05) is 34.5 Å². The first-order valence-corrected chi connectivity index (χ1v) is 8.13. The van der Waals surface area contributed by atoms with Crippen LogP contribution in [-0.4, -0.2) is 62.4 Å². The predicted molar refractivity (Wildman–Crippen MR) is 92.8 cm³/mol. The van der Waals surface area contributed by atoms with Gasteiger partial charge < -0.3 is 24.2 Å². The van der Waals surface area contributed by atoms with Crippen LogP contribution in [0.25, 0.3) is 0 Å². The van der Waals surface area contributed by atoms with Crippen molar-refractivity contribution < 1.29 is 28.9 Å². The smallest absolute Gasteiger partial charge is 0.326 e. The highest BCUT2D eigenvalue weighted by Crippen LogP contribution is 2.21. The number of rotatable bonds is 9. The number of allylic oxidation sites excluding steroid dienone is 1. The van der Waals surface area contributed by atoms with Gasteiger partial charge in [0.15, 0.2) is 11.5 Å². The van der Waals surface area contributed by atoms with Crippen molar-refractivity contribution in [3.05, 3.63) is 35.8 Å². The van der Waals surface area contributed by atoms with Crippen LogP contribution in [0.4, 0.5) is 0 Å². The third-order valence-corrected chi connectivity index (χ3v) is 4.03. The monoisotopic (exact) mass is 353 g/mol. The zero-order valence-corrected chi connectivity index (χ0v) is 15.1. The summed E-state index contributed by atoms with van der Waals surface area (Å²) in [5.74, 6) is -0.466. The maximum Gasteiger partial charge on any atom is 0.326 e. The molecule has 1 aliphatic rings. The van der Waals surface area contributed by atoms with Gasteiger partial charge in [-0.15, -0.1) is 0 Å². The molecule has 1 N–H and O–H groups in total. The molecule has 140 valence electrons. The molecule has 0 spiro atoms.